The van der Waals surface area contributed by atoms with Gasteiger partial charge >= 0.3 is 6.03 Å². The van der Waals surface area contributed by atoms with Gasteiger partial charge in [0.25, 0.3) is 0 Å². The van der Waals surface area contributed by atoms with Crippen molar-refractivity contribution in [3.63, 3.8) is 0 Å². The first-order valence-electron chi connectivity index (χ1n) is 8.41. The van der Waals surface area contributed by atoms with Crippen LogP contribution in [0.2, 0.25) is 0 Å². The number of piperidine rings is 1. The van der Waals surface area contributed by atoms with E-state index in [4.69, 9.17) is 5.11 Å². The molecule has 2 aliphatic rings. The third-order valence-electron chi connectivity index (χ3n) is 5.38. The van der Waals surface area contributed by atoms with Crippen LogP contribution in [0.15, 0.2) is 0 Å². The highest BCUT2D eigenvalue weighted by molar-refractivity contribution is 5.74. The van der Waals surface area contributed by atoms with Gasteiger partial charge in [0.2, 0.25) is 0 Å². The maximum atomic E-state index is 12.2. The standard InChI is InChI=1S/C16H31N3O2/c1-12(11-20)18(3)16(21)17-13(2)14-6-5-9-19(10-14)15-7-4-8-15/h12-15,20H,4-11H2,1-3H3,(H,17,21). The number of urea groups is 1. The van der Waals surface area contributed by atoms with Crippen LogP contribution >= 0.6 is 0 Å². The Morgan fingerprint density at radius 2 is 2.05 bits per heavy atom. The summed E-state index contributed by atoms with van der Waals surface area (Å²) in [7, 11) is 1.74. The zero-order chi connectivity index (χ0) is 15.4. The summed E-state index contributed by atoms with van der Waals surface area (Å²) in [5, 5.41) is 12.2. The van der Waals surface area contributed by atoms with Crippen LogP contribution in [-0.4, -0.2) is 65.8 Å². The normalized spacial score (nSPS) is 26.8. The molecule has 1 aliphatic carbocycles. The molecule has 3 atom stereocenters. The van der Waals surface area contributed by atoms with Crippen LogP contribution in [0.25, 0.3) is 0 Å². The summed E-state index contributed by atoms with van der Waals surface area (Å²) < 4.78 is 0. The average molecular weight is 297 g/mol. The smallest absolute Gasteiger partial charge is 0.317 e. The molecule has 2 rings (SSSR count). The van der Waals surface area contributed by atoms with E-state index in [1.807, 2.05) is 6.92 Å². The Morgan fingerprint density at radius 3 is 2.62 bits per heavy atom. The Hall–Kier alpha value is -0.810. The predicted octanol–water partition coefficient (Wildman–Crippen LogP) is 1.66. The number of hydrogen-bond donors (Lipinski definition) is 2. The Balaban J connectivity index is 1.81. The van der Waals surface area contributed by atoms with Crippen LogP contribution in [0, 0.1) is 5.92 Å². The lowest BCUT2D eigenvalue weighted by molar-refractivity contribution is 0.0665. The van der Waals surface area contributed by atoms with Gasteiger partial charge in [0, 0.05) is 25.7 Å². The second-order valence-electron chi connectivity index (χ2n) is 6.86. The molecular formula is C16H31N3O2. The molecule has 5 heteroatoms. The lowest BCUT2D eigenvalue weighted by Gasteiger charge is -2.44. The number of aliphatic hydroxyl groups is 1. The molecule has 1 aliphatic heterocycles. The fraction of sp³-hybridized carbons (Fsp3) is 0.938. The Labute approximate surface area is 128 Å². The Bertz CT molecular complexity index is 346. The quantitative estimate of drug-likeness (QED) is 0.811. The molecular weight excluding hydrogens is 266 g/mol. The van der Waals surface area contributed by atoms with Crippen molar-refractivity contribution in [3.8, 4) is 0 Å². The molecule has 1 heterocycles. The lowest BCUT2D eigenvalue weighted by atomic mass is 9.86. The zero-order valence-electron chi connectivity index (χ0n) is 13.7. The van der Waals surface area contributed by atoms with Crippen molar-refractivity contribution in [3.05, 3.63) is 0 Å². The minimum atomic E-state index is -0.143. The number of amides is 2. The number of likely N-dealkylation sites (N-methyl/N-ethyl adjacent to an activating group) is 1. The summed E-state index contributed by atoms with van der Waals surface area (Å²) in [6, 6.07) is 0.765. The fourth-order valence-electron chi connectivity index (χ4n) is 3.27. The van der Waals surface area contributed by atoms with Gasteiger partial charge in [-0.2, -0.15) is 0 Å². The van der Waals surface area contributed by atoms with Gasteiger partial charge in [-0.1, -0.05) is 6.42 Å². The van der Waals surface area contributed by atoms with E-state index in [2.05, 4.69) is 17.1 Å². The molecule has 0 spiro atoms. The van der Waals surface area contributed by atoms with Crippen molar-refractivity contribution in [2.24, 2.45) is 5.92 Å². The molecule has 5 nitrogen and oxygen atoms in total. The van der Waals surface area contributed by atoms with Crippen LogP contribution in [-0.2, 0) is 0 Å². The lowest BCUT2D eigenvalue weighted by Crippen LogP contribution is -2.53. The van der Waals surface area contributed by atoms with Crippen LogP contribution in [0.5, 0.6) is 0 Å². The maximum Gasteiger partial charge on any atom is 0.317 e. The second kappa shape index (κ2) is 7.45. The van der Waals surface area contributed by atoms with Crippen molar-refractivity contribution in [2.75, 3.05) is 26.7 Å². The summed E-state index contributed by atoms with van der Waals surface area (Å²) in [6.07, 6.45) is 6.52. The second-order valence-corrected chi connectivity index (χ2v) is 6.86. The third-order valence-corrected chi connectivity index (χ3v) is 5.38. The molecule has 0 aromatic carbocycles. The SMILES string of the molecule is CC(NC(=O)N(C)C(C)CO)C1CCCN(C2CCC2)C1. The van der Waals surface area contributed by atoms with Crippen LogP contribution < -0.4 is 5.32 Å². The van der Waals surface area contributed by atoms with Gasteiger partial charge in [-0.25, -0.2) is 4.79 Å². The van der Waals surface area contributed by atoms with E-state index < -0.39 is 0 Å². The zero-order valence-corrected chi connectivity index (χ0v) is 13.7. The number of rotatable bonds is 5. The minimum Gasteiger partial charge on any atom is -0.394 e. The molecule has 1 saturated carbocycles. The van der Waals surface area contributed by atoms with E-state index >= 15 is 0 Å². The molecule has 122 valence electrons. The topological polar surface area (TPSA) is 55.8 Å². The molecule has 0 aromatic rings. The maximum absolute atomic E-state index is 12.2. The number of carbonyl (C=O) groups excluding carboxylic acids is 1. The number of nitrogens with one attached hydrogen (secondary N) is 1. The Morgan fingerprint density at radius 1 is 1.33 bits per heavy atom. The highest BCUT2D eigenvalue weighted by Crippen LogP contribution is 2.30. The highest BCUT2D eigenvalue weighted by atomic mass is 16.3. The summed E-state index contributed by atoms with van der Waals surface area (Å²) in [6.45, 7) is 6.30. The number of carbonyl (C=O) groups is 1. The first-order chi connectivity index (χ1) is 10.0. The third kappa shape index (κ3) is 4.10. The summed E-state index contributed by atoms with van der Waals surface area (Å²) in [5.41, 5.74) is 0. The van der Waals surface area contributed by atoms with Gasteiger partial charge < -0.3 is 20.2 Å². The van der Waals surface area contributed by atoms with Crippen molar-refractivity contribution in [2.45, 2.75) is 64.1 Å². The van der Waals surface area contributed by atoms with Crippen LogP contribution in [0.4, 0.5) is 4.79 Å². The fourth-order valence-corrected chi connectivity index (χ4v) is 3.27. The van der Waals surface area contributed by atoms with Gasteiger partial charge in [0.05, 0.1) is 12.6 Å². The summed E-state index contributed by atoms with van der Waals surface area (Å²) in [4.78, 5) is 16.4. The monoisotopic (exact) mass is 297 g/mol. The van der Waals surface area contributed by atoms with Crippen molar-refractivity contribution >= 4 is 6.03 Å². The van der Waals surface area contributed by atoms with Crippen molar-refractivity contribution in [1.82, 2.24) is 15.1 Å². The van der Waals surface area contributed by atoms with Crippen molar-refractivity contribution < 1.29 is 9.90 Å². The number of aliphatic hydroxyl groups excluding tert-OH is 1. The van der Waals surface area contributed by atoms with E-state index in [0.717, 1.165) is 12.6 Å². The van der Waals surface area contributed by atoms with Gasteiger partial charge in [0.15, 0.2) is 0 Å². The molecule has 0 bridgehead atoms. The van der Waals surface area contributed by atoms with E-state index in [1.54, 1.807) is 11.9 Å². The number of nitrogens with zero attached hydrogens (tertiary/aromatic N) is 2. The van der Waals surface area contributed by atoms with Crippen LogP contribution in [0.3, 0.4) is 0 Å². The number of hydrogen-bond acceptors (Lipinski definition) is 3. The first kappa shape index (κ1) is 16.6. The molecule has 21 heavy (non-hydrogen) atoms. The average Bonchev–Trinajstić information content (AvgIpc) is 2.44. The molecule has 3 unspecified atom stereocenters. The van der Waals surface area contributed by atoms with E-state index in [0.29, 0.717) is 5.92 Å². The predicted molar refractivity (Wildman–Crippen MR) is 84.2 cm³/mol. The van der Waals surface area contributed by atoms with Gasteiger partial charge in [0.1, 0.15) is 0 Å². The largest absolute Gasteiger partial charge is 0.394 e. The van der Waals surface area contributed by atoms with Crippen LogP contribution in [0.1, 0.15) is 46.0 Å². The molecule has 0 aromatic heterocycles. The molecule has 2 N–H and O–H groups in total. The summed E-state index contributed by atoms with van der Waals surface area (Å²) in [5.74, 6) is 0.543. The van der Waals surface area contributed by atoms with E-state index in [9.17, 15) is 4.79 Å². The molecule has 2 amide bonds. The highest BCUT2D eigenvalue weighted by Gasteiger charge is 2.32. The first-order valence-corrected chi connectivity index (χ1v) is 8.41. The Kier molecular flexibility index (Phi) is 5.88. The van der Waals surface area contributed by atoms with Crippen molar-refractivity contribution in [1.29, 1.82) is 0 Å². The van der Waals surface area contributed by atoms with Gasteiger partial charge in [-0.15, -0.1) is 0 Å². The minimum absolute atomic E-state index is 0.00279. The van der Waals surface area contributed by atoms with E-state index in [1.165, 1.54) is 38.6 Å². The van der Waals surface area contributed by atoms with Gasteiger partial charge in [-0.3, -0.25) is 0 Å². The number of likely N-dealkylation sites (tertiary alicyclic amines) is 1. The molecule has 0 radical (unpaired) electrons. The van der Waals surface area contributed by atoms with Gasteiger partial charge in [-0.05, 0) is 52.0 Å². The summed E-state index contributed by atoms with van der Waals surface area (Å²) >= 11 is 0. The van der Waals surface area contributed by atoms with E-state index in [-0.39, 0.29) is 24.7 Å². The molecule has 1 saturated heterocycles. The molecule has 2 fully saturated rings.